The molecule has 0 saturated carbocycles. The molecule has 1 aliphatic heterocycles. The fraction of sp³-hybridized carbons (Fsp3) is 0.410. The zero-order valence-electron chi connectivity index (χ0n) is 32.3. The first-order valence-corrected chi connectivity index (χ1v) is 18.2. The Kier molecular flexibility index (Phi) is 16.9. The maximum absolute atomic E-state index is 13.9. The van der Waals surface area contributed by atoms with Crippen LogP contribution in [0.25, 0.3) is 0 Å². The van der Waals surface area contributed by atoms with Crippen LogP contribution in [0.15, 0.2) is 54.6 Å². The van der Waals surface area contributed by atoms with Crippen molar-refractivity contribution in [3.63, 3.8) is 0 Å². The molecule has 314 valence electrons. The molecule has 3 aromatic rings. The number of rotatable bonds is 13. The number of aryl methyl sites for hydroxylation is 1. The van der Waals surface area contributed by atoms with Crippen LogP contribution in [0.2, 0.25) is 0 Å². The van der Waals surface area contributed by atoms with Crippen LogP contribution in [0.4, 0.5) is 17.6 Å². The number of nitrogens with zero attached hydrogens (tertiary/aromatic N) is 4. The van der Waals surface area contributed by atoms with Gasteiger partial charge >= 0.3 is 29.8 Å². The van der Waals surface area contributed by atoms with E-state index in [0.29, 0.717) is 31.6 Å². The Labute approximate surface area is 331 Å². The highest BCUT2D eigenvalue weighted by Crippen LogP contribution is 2.27. The number of hydrogen-bond acceptors (Lipinski definition) is 15. The van der Waals surface area contributed by atoms with E-state index < -0.39 is 64.9 Å². The van der Waals surface area contributed by atoms with Crippen LogP contribution in [-0.4, -0.2) is 109 Å². The fourth-order valence-electron chi connectivity index (χ4n) is 5.80. The second kappa shape index (κ2) is 21.8. The lowest BCUT2D eigenvalue weighted by Gasteiger charge is -2.35. The molecule has 0 aromatic heterocycles. The molecule has 15 nitrogen and oxygen atoms in total. The Morgan fingerprint density at radius 2 is 1.10 bits per heavy atom. The molecule has 3 aromatic carbocycles. The topological polar surface area (TPSA) is 154 Å². The monoisotopic (exact) mass is 820 g/mol. The second-order valence-electron chi connectivity index (χ2n) is 13.1. The van der Waals surface area contributed by atoms with E-state index in [0.717, 1.165) is 11.1 Å². The summed E-state index contributed by atoms with van der Waals surface area (Å²) in [7, 11) is 0. The van der Waals surface area contributed by atoms with Gasteiger partial charge in [0.15, 0.2) is 11.6 Å². The number of benzene rings is 3. The van der Waals surface area contributed by atoms with E-state index in [4.69, 9.17) is 24.1 Å². The number of hydrogen-bond donors (Lipinski definition) is 0. The smallest absolute Gasteiger partial charge is 0.343 e. The van der Waals surface area contributed by atoms with Gasteiger partial charge < -0.3 is 28.8 Å². The quantitative estimate of drug-likeness (QED) is 0.0781. The molecule has 0 bridgehead atoms. The average Bonchev–Trinajstić information content (AvgIpc) is 3.16. The Morgan fingerprint density at radius 3 is 1.64 bits per heavy atom. The zero-order valence-corrected chi connectivity index (χ0v) is 32.3. The van der Waals surface area contributed by atoms with E-state index >= 15 is 0 Å². The van der Waals surface area contributed by atoms with Crippen LogP contribution < -0.4 is 9.47 Å². The molecule has 1 fully saturated rings. The Morgan fingerprint density at radius 1 is 0.621 bits per heavy atom. The minimum atomic E-state index is -1.82. The summed E-state index contributed by atoms with van der Waals surface area (Å²) < 4.78 is 65.3. The van der Waals surface area contributed by atoms with Gasteiger partial charge in [0.05, 0.1) is 64.0 Å². The normalized spacial score (nSPS) is 16.3. The summed E-state index contributed by atoms with van der Waals surface area (Å²) in [6, 6.07) is 12.5. The van der Waals surface area contributed by atoms with Crippen molar-refractivity contribution in [1.82, 2.24) is 20.3 Å². The molecule has 1 aliphatic rings. The molecule has 1 saturated heterocycles. The lowest BCUT2D eigenvalue weighted by Crippen LogP contribution is -2.51. The summed E-state index contributed by atoms with van der Waals surface area (Å²) in [5, 5.41) is 5.61. The van der Waals surface area contributed by atoms with Crippen molar-refractivity contribution in [2.45, 2.75) is 53.0 Å². The number of halogens is 4. The van der Waals surface area contributed by atoms with Crippen LogP contribution in [0.5, 0.6) is 11.5 Å². The first-order chi connectivity index (χ1) is 27.6. The van der Waals surface area contributed by atoms with Crippen LogP contribution in [0.1, 0.15) is 55.6 Å². The maximum atomic E-state index is 13.9. The highest BCUT2D eigenvalue weighted by molar-refractivity contribution is 5.91. The van der Waals surface area contributed by atoms with Gasteiger partial charge in [-0.3, -0.25) is 19.2 Å². The molecule has 0 N–H and O–H groups in total. The molecule has 1 heterocycles. The largest absolute Gasteiger partial charge is 0.494 e. The van der Waals surface area contributed by atoms with E-state index in [9.17, 15) is 41.5 Å². The third kappa shape index (κ3) is 14.4. The van der Waals surface area contributed by atoms with E-state index in [-0.39, 0.29) is 57.4 Å². The SMILES string of the molecule is CC(=O)ON1CCN(OC(C)=O)CCN(OC(C)=O)C(Cc2ccc(OCCCc3ccc(C(=O)Oc4c(F)c(F)cc(F)c4F)cc3)cc2)CN(OC(C)=O)CC1. The predicted molar refractivity (Wildman–Crippen MR) is 194 cm³/mol. The molecule has 1 atom stereocenters. The average molecular weight is 821 g/mol. The number of ether oxygens (including phenoxy) is 2. The van der Waals surface area contributed by atoms with Crippen molar-refractivity contribution in [2.75, 3.05) is 52.4 Å². The van der Waals surface area contributed by atoms with E-state index in [1.807, 2.05) is 12.1 Å². The highest BCUT2D eigenvalue weighted by Gasteiger charge is 2.29. The molecule has 0 amide bonds. The molecule has 4 rings (SSSR count). The highest BCUT2D eigenvalue weighted by atomic mass is 19.2. The minimum absolute atomic E-state index is 0.0122. The third-order valence-electron chi connectivity index (χ3n) is 8.34. The van der Waals surface area contributed by atoms with Crippen molar-refractivity contribution >= 4 is 29.8 Å². The summed E-state index contributed by atoms with van der Waals surface area (Å²) in [6.45, 7) is 6.10. The molecule has 0 spiro atoms. The van der Waals surface area contributed by atoms with Gasteiger partial charge in [-0.25, -0.2) is 13.6 Å². The summed E-state index contributed by atoms with van der Waals surface area (Å²) in [4.78, 5) is 82.2. The van der Waals surface area contributed by atoms with Gasteiger partial charge in [0.1, 0.15) is 5.75 Å². The number of esters is 1. The third-order valence-corrected chi connectivity index (χ3v) is 8.34. The Hall–Kier alpha value is -5.63. The van der Waals surface area contributed by atoms with Crippen molar-refractivity contribution in [1.29, 1.82) is 0 Å². The van der Waals surface area contributed by atoms with Crippen molar-refractivity contribution in [3.8, 4) is 11.5 Å². The fourth-order valence-corrected chi connectivity index (χ4v) is 5.80. The van der Waals surface area contributed by atoms with Gasteiger partial charge in [-0.2, -0.15) is 8.78 Å². The van der Waals surface area contributed by atoms with Crippen molar-refractivity contribution in [3.05, 3.63) is 94.6 Å². The number of carbonyl (C=O) groups is 5. The summed E-state index contributed by atoms with van der Waals surface area (Å²) in [6.07, 6.45) is 1.40. The summed E-state index contributed by atoms with van der Waals surface area (Å²) >= 11 is 0. The molecular formula is C39H44F4N4O11. The molecular weight excluding hydrogens is 776 g/mol. The van der Waals surface area contributed by atoms with Crippen LogP contribution in [0, 0.1) is 23.3 Å². The molecule has 58 heavy (non-hydrogen) atoms. The van der Waals surface area contributed by atoms with Gasteiger partial charge in [0, 0.05) is 33.8 Å². The van der Waals surface area contributed by atoms with Crippen LogP contribution >= 0.6 is 0 Å². The van der Waals surface area contributed by atoms with Gasteiger partial charge in [-0.15, -0.1) is 20.3 Å². The standard InChI is InChI=1S/C39H44F4N4O11/c1-25(48)55-44-15-16-45(56-26(2)49)19-20-47(58-28(4)51)32(24-46(18-17-44)57-27(3)50)22-30-9-13-33(14-10-30)53-21-5-6-29-7-11-31(12-8-29)39(52)54-38-36(42)34(40)23-35(41)37(38)43/h7-14,23,32H,5-6,15-22,24H2,1-4H3. The van der Waals surface area contributed by atoms with Crippen molar-refractivity contribution < 1.29 is 70.4 Å². The number of hydroxylamine groups is 8. The first-order valence-electron chi connectivity index (χ1n) is 18.2. The Bertz CT molecular complexity index is 1880. The van der Waals surface area contributed by atoms with Gasteiger partial charge in [-0.1, -0.05) is 24.3 Å². The lowest BCUT2D eigenvalue weighted by atomic mass is 10.0. The van der Waals surface area contributed by atoms with Crippen molar-refractivity contribution in [2.24, 2.45) is 0 Å². The first kappa shape index (κ1) is 45.1. The molecule has 19 heteroatoms. The van der Waals surface area contributed by atoms with Crippen LogP contribution in [-0.2, 0) is 51.4 Å². The maximum Gasteiger partial charge on any atom is 0.343 e. The molecule has 0 aliphatic carbocycles. The number of carbonyl (C=O) groups excluding carboxylic acids is 5. The van der Waals surface area contributed by atoms with Gasteiger partial charge in [0.2, 0.25) is 17.4 Å². The Balaban J connectivity index is 1.38. The van der Waals surface area contributed by atoms with Gasteiger partial charge in [-0.05, 0) is 54.7 Å². The second-order valence-corrected chi connectivity index (χ2v) is 13.1. The summed E-state index contributed by atoms with van der Waals surface area (Å²) in [5.74, 6) is -11.5. The van der Waals surface area contributed by atoms with Gasteiger partial charge in [0.25, 0.3) is 0 Å². The van der Waals surface area contributed by atoms with E-state index in [2.05, 4.69) is 4.74 Å². The lowest BCUT2D eigenvalue weighted by molar-refractivity contribution is -0.238. The minimum Gasteiger partial charge on any atom is -0.494 e. The zero-order chi connectivity index (χ0) is 42.4. The molecule has 1 unspecified atom stereocenters. The predicted octanol–water partition coefficient (Wildman–Crippen LogP) is 4.52. The molecule has 0 radical (unpaired) electrons. The van der Waals surface area contributed by atoms with Crippen LogP contribution in [0.3, 0.4) is 0 Å². The summed E-state index contributed by atoms with van der Waals surface area (Å²) in [5.41, 5.74) is 1.52. The van der Waals surface area contributed by atoms with E-state index in [1.54, 1.807) is 24.3 Å². The van der Waals surface area contributed by atoms with E-state index in [1.165, 1.54) is 60.1 Å².